The van der Waals surface area contributed by atoms with Crippen LogP contribution in [-0.4, -0.2) is 38.1 Å². The standard InChI is InChI=1S/C20H20FN3O3S/c1-27-19-10-13(9-18(21)20(19)25)14-11-22-24(12-14)16-5-7-17(8-6-16)28(2,26)23-15-3-4-15/h5-12,15,25H,2-4H2,1H3,(H,23,26). The predicted octanol–water partition coefficient (Wildman–Crippen LogP) is 3.13. The molecule has 1 heterocycles. The number of hydrogen-bond acceptors (Lipinski definition) is 4. The van der Waals surface area contributed by atoms with Crippen molar-refractivity contribution in [2.75, 3.05) is 7.11 Å². The number of methoxy groups -OCH3 is 1. The van der Waals surface area contributed by atoms with Gasteiger partial charge in [-0.25, -0.2) is 18.0 Å². The highest BCUT2D eigenvalue weighted by Crippen LogP contribution is 2.34. The molecule has 1 atom stereocenters. The summed E-state index contributed by atoms with van der Waals surface area (Å²) in [6.45, 7) is 0. The third-order valence-electron chi connectivity index (χ3n) is 4.58. The van der Waals surface area contributed by atoms with E-state index in [2.05, 4.69) is 15.7 Å². The van der Waals surface area contributed by atoms with Gasteiger partial charge in [0.05, 0.1) is 28.7 Å². The molecular formula is C20H20FN3O3S. The smallest absolute Gasteiger partial charge is 0.194 e. The molecule has 0 spiro atoms. The highest BCUT2D eigenvalue weighted by molar-refractivity contribution is 7.98. The molecule has 0 amide bonds. The molecule has 1 aromatic heterocycles. The molecule has 0 radical (unpaired) electrons. The van der Waals surface area contributed by atoms with Crippen LogP contribution in [0.4, 0.5) is 4.39 Å². The van der Waals surface area contributed by atoms with E-state index in [-0.39, 0.29) is 5.75 Å². The van der Waals surface area contributed by atoms with Crippen molar-refractivity contribution in [3.63, 3.8) is 0 Å². The molecule has 1 aliphatic carbocycles. The van der Waals surface area contributed by atoms with Crippen molar-refractivity contribution >= 4 is 15.6 Å². The van der Waals surface area contributed by atoms with Gasteiger partial charge in [-0.15, -0.1) is 0 Å². The molecule has 0 saturated heterocycles. The van der Waals surface area contributed by atoms with E-state index in [1.54, 1.807) is 35.3 Å². The predicted molar refractivity (Wildman–Crippen MR) is 107 cm³/mol. The maximum absolute atomic E-state index is 13.9. The van der Waals surface area contributed by atoms with Crippen LogP contribution < -0.4 is 9.46 Å². The van der Waals surface area contributed by atoms with E-state index < -0.39 is 21.3 Å². The van der Waals surface area contributed by atoms with Gasteiger partial charge in [-0.1, -0.05) is 0 Å². The minimum Gasteiger partial charge on any atom is -0.502 e. The summed E-state index contributed by atoms with van der Waals surface area (Å²) in [6.07, 6.45) is 5.40. The van der Waals surface area contributed by atoms with Gasteiger partial charge in [0.15, 0.2) is 17.3 Å². The molecule has 4 rings (SSSR count). The second kappa shape index (κ2) is 6.96. The van der Waals surface area contributed by atoms with Crippen molar-refractivity contribution < 1.29 is 18.4 Å². The second-order valence-corrected chi connectivity index (χ2v) is 8.80. The molecule has 1 aliphatic rings. The minimum atomic E-state index is -2.51. The van der Waals surface area contributed by atoms with Gasteiger partial charge in [-0.2, -0.15) is 5.10 Å². The topological polar surface area (TPSA) is 76.4 Å². The van der Waals surface area contributed by atoms with Crippen molar-refractivity contribution in [3.8, 4) is 28.3 Å². The summed E-state index contributed by atoms with van der Waals surface area (Å²) >= 11 is 0. The SMILES string of the molecule is C=S(=O)(NC1CC1)c1ccc(-n2cc(-c3cc(F)c(O)c(OC)c3)cn2)cc1. The van der Waals surface area contributed by atoms with E-state index in [1.807, 2.05) is 12.1 Å². The van der Waals surface area contributed by atoms with Crippen LogP contribution in [0.25, 0.3) is 16.8 Å². The van der Waals surface area contributed by atoms with Gasteiger partial charge in [0.1, 0.15) is 0 Å². The average molecular weight is 401 g/mol. The molecule has 1 unspecified atom stereocenters. The maximum atomic E-state index is 13.9. The number of phenols is 1. The van der Waals surface area contributed by atoms with Crippen LogP contribution in [0.15, 0.2) is 53.7 Å². The van der Waals surface area contributed by atoms with Crippen LogP contribution in [0.2, 0.25) is 0 Å². The van der Waals surface area contributed by atoms with Crippen LogP contribution in [0.5, 0.6) is 11.5 Å². The Hall–Kier alpha value is -2.84. The molecule has 1 fully saturated rings. The quantitative estimate of drug-likeness (QED) is 0.622. The van der Waals surface area contributed by atoms with Crippen molar-refractivity contribution in [1.82, 2.24) is 14.5 Å². The van der Waals surface area contributed by atoms with Gasteiger partial charge in [-0.05, 0) is 60.7 Å². The lowest BCUT2D eigenvalue weighted by molar-refractivity contribution is 0.357. The van der Waals surface area contributed by atoms with Crippen LogP contribution in [0.1, 0.15) is 12.8 Å². The third-order valence-corrected chi connectivity index (χ3v) is 6.33. The summed E-state index contributed by atoms with van der Waals surface area (Å²) in [5, 5.41) is 14.0. The Morgan fingerprint density at radius 1 is 1.29 bits per heavy atom. The molecule has 8 heteroatoms. The number of aromatic hydroxyl groups is 1. The molecule has 0 aliphatic heterocycles. The number of nitrogens with zero attached hydrogens (tertiary/aromatic N) is 2. The number of halogens is 1. The number of nitrogens with one attached hydrogen (secondary N) is 1. The fourth-order valence-electron chi connectivity index (χ4n) is 2.87. The van der Waals surface area contributed by atoms with Crippen molar-refractivity contribution in [2.45, 2.75) is 23.8 Å². The van der Waals surface area contributed by atoms with Crippen molar-refractivity contribution in [1.29, 1.82) is 0 Å². The lowest BCUT2D eigenvalue weighted by atomic mass is 10.1. The first kappa shape index (κ1) is 18.5. The van der Waals surface area contributed by atoms with Crippen LogP contribution >= 0.6 is 0 Å². The maximum Gasteiger partial charge on any atom is 0.194 e. The normalized spacial score (nSPS) is 15.9. The second-order valence-electron chi connectivity index (χ2n) is 6.74. The van der Waals surface area contributed by atoms with Gasteiger partial charge >= 0.3 is 0 Å². The first-order valence-corrected chi connectivity index (χ1v) is 10.5. The molecule has 28 heavy (non-hydrogen) atoms. The fraction of sp³-hybridized carbons (Fsp3) is 0.200. The summed E-state index contributed by atoms with van der Waals surface area (Å²) in [7, 11) is -1.15. The molecule has 2 aromatic carbocycles. The summed E-state index contributed by atoms with van der Waals surface area (Å²) < 4.78 is 36.3. The summed E-state index contributed by atoms with van der Waals surface area (Å²) in [5.74, 6) is 2.59. The van der Waals surface area contributed by atoms with Crippen molar-refractivity contribution in [3.05, 3.63) is 54.6 Å². The number of aromatic nitrogens is 2. The molecule has 146 valence electrons. The number of ether oxygens (including phenoxy) is 1. The minimum absolute atomic E-state index is 0.0560. The number of rotatable bonds is 6. The van der Waals surface area contributed by atoms with Crippen LogP contribution in [-0.2, 0) is 9.71 Å². The Balaban J connectivity index is 1.60. The summed E-state index contributed by atoms with van der Waals surface area (Å²) in [5.41, 5.74) is 1.96. The summed E-state index contributed by atoms with van der Waals surface area (Å²) in [4.78, 5) is 0.640. The molecule has 6 nitrogen and oxygen atoms in total. The van der Waals surface area contributed by atoms with E-state index in [0.29, 0.717) is 22.1 Å². The molecule has 0 bridgehead atoms. The highest BCUT2D eigenvalue weighted by atomic mass is 32.2. The van der Waals surface area contributed by atoms with Crippen LogP contribution in [0, 0.1) is 5.82 Å². The molecule has 2 N–H and O–H groups in total. The average Bonchev–Trinajstić information content (AvgIpc) is 3.34. The first-order valence-electron chi connectivity index (χ1n) is 8.74. The third kappa shape index (κ3) is 3.61. The zero-order valence-corrected chi connectivity index (χ0v) is 16.1. The largest absolute Gasteiger partial charge is 0.502 e. The van der Waals surface area contributed by atoms with E-state index >= 15 is 0 Å². The Morgan fingerprint density at radius 3 is 2.64 bits per heavy atom. The van der Waals surface area contributed by atoms with E-state index in [9.17, 15) is 13.7 Å². The summed E-state index contributed by atoms with van der Waals surface area (Å²) in [6, 6.07) is 10.2. The fourth-order valence-corrected chi connectivity index (χ4v) is 4.35. The van der Waals surface area contributed by atoms with Gasteiger partial charge < -0.3 is 9.84 Å². The van der Waals surface area contributed by atoms with E-state index in [4.69, 9.17) is 4.74 Å². The van der Waals surface area contributed by atoms with Crippen molar-refractivity contribution in [2.24, 2.45) is 0 Å². The lowest BCUT2D eigenvalue weighted by Crippen LogP contribution is -2.25. The zero-order chi connectivity index (χ0) is 19.9. The molecule has 1 saturated carbocycles. The number of hydrogen-bond donors (Lipinski definition) is 2. The van der Waals surface area contributed by atoms with E-state index in [0.717, 1.165) is 18.5 Å². The van der Waals surface area contributed by atoms with Gasteiger partial charge in [0.25, 0.3) is 0 Å². The number of phenolic OH excluding ortho intramolecular Hbond substituents is 1. The number of benzene rings is 2. The first-order chi connectivity index (χ1) is 13.4. The highest BCUT2D eigenvalue weighted by Gasteiger charge is 2.24. The van der Waals surface area contributed by atoms with E-state index in [1.165, 1.54) is 13.2 Å². The molecular weight excluding hydrogens is 381 g/mol. The lowest BCUT2D eigenvalue weighted by Gasteiger charge is -2.11. The zero-order valence-electron chi connectivity index (χ0n) is 15.3. The van der Waals surface area contributed by atoms with Gasteiger partial charge in [-0.3, -0.25) is 0 Å². The van der Waals surface area contributed by atoms with Gasteiger partial charge in [0, 0.05) is 22.7 Å². The van der Waals surface area contributed by atoms with Crippen LogP contribution in [0.3, 0.4) is 0 Å². The Kier molecular flexibility index (Phi) is 4.60. The Bertz CT molecular complexity index is 1120. The Morgan fingerprint density at radius 2 is 2.00 bits per heavy atom. The Labute approximate surface area is 162 Å². The monoisotopic (exact) mass is 401 g/mol. The van der Waals surface area contributed by atoms with Gasteiger partial charge in [0.2, 0.25) is 0 Å². The molecule has 3 aromatic rings.